The number of carboxylic acids is 1. The highest BCUT2D eigenvalue weighted by molar-refractivity contribution is 6.36. The Morgan fingerprint density at radius 1 is 1.05 bits per heavy atom. The van der Waals surface area contributed by atoms with Gasteiger partial charge in [-0.1, -0.05) is 41.9 Å². The van der Waals surface area contributed by atoms with Crippen molar-refractivity contribution in [2.24, 2.45) is 5.92 Å². The van der Waals surface area contributed by atoms with Crippen LogP contribution in [0.3, 0.4) is 0 Å². The standard InChI is InChI=1S/C40H43ClF2N8O4/c1-22-26(7-6-10-29(22)46-36-34-30(47-37(49-36)35(42)43)15-23(16-45-34)18-51-20-40(2,54)21-51)27-8-5-9-28(33(27)41)31-17-44-32(38(48-31)55-4)19-50(3)25-13-11-24(12-14-25)39(52)53/h5-10,15-17,24-25,35,54H,11-14,18-21H2,1-4H3,(H,52,53)(H,46,47,49). The van der Waals surface area contributed by atoms with Crippen molar-refractivity contribution in [3.05, 3.63) is 82.5 Å². The monoisotopic (exact) mass is 772 g/mol. The van der Waals surface area contributed by atoms with Crippen molar-refractivity contribution in [1.82, 2.24) is 34.7 Å². The van der Waals surface area contributed by atoms with Crippen molar-refractivity contribution in [3.63, 3.8) is 0 Å². The fraction of sp³-hybridized carbons (Fsp3) is 0.400. The van der Waals surface area contributed by atoms with E-state index >= 15 is 0 Å². The molecule has 4 heterocycles. The molecule has 3 aromatic heterocycles. The lowest BCUT2D eigenvalue weighted by Crippen LogP contribution is -2.59. The van der Waals surface area contributed by atoms with Gasteiger partial charge >= 0.3 is 5.97 Å². The third kappa shape index (κ3) is 8.23. The Labute approximate surface area is 322 Å². The Kier molecular flexibility index (Phi) is 11.0. The zero-order valence-electron chi connectivity index (χ0n) is 31.1. The van der Waals surface area contributed by atoms with Crippen LogP contribution in [-0.4, -0.2) is 89.8 Å². The van der Waals surface area contributed by atoms with Crippen LogP contribution in [-0.2, 0) is 17.9 Å². The molecule has 55 heavy (non-hydrogen) atoms. The molecule has 1 saturated carbocycles. The number of likely N-dealkylation sites (tertiary alicyclic amines) is 1. The zero-order valence-corrected chi connectivity index (χ0v) is 31.8. The second kappa shape index (κ2) is 15.7. The molecule has 1 aliphatic heterocycles. The van der Waals surface area contributed by atoms with Crippen molar-refractivity contribution in [3.8, 4) is 28.3 Å². The summed E-state index contributed by atoms with van der Waals surface area (Å²) in [6.07, 6.45) is 3.37. The zero-order chi connectivity index (χ0) is 39.0. The van der Waals surface area contributed by atoms with Gasteiger partial charge in [0.1, 0.15) is 11.2 Å². The Balaban J connectivity index is 1.14. The molecule has 1 saturated heterocycles. The van der Waals surface area contributed by atoms with Crippen LogP contribution in [0.25, 0.3) is 33.4 Å². The summed E-state index contributed by atoms with van der Waals surface area (Å²) in [6.45, 7) is 5.71. The van der Waals surface area contributed by atoms with Crippen LogP contribution in [0.15, 0.2) is 54.9 Å². The number of hydrogen-bond donors (Lipinski definition) is 3. The number of methoxy groups -OCH3 is 1. The number of benzene rings is 2. The number of aromatic nitrogens is 5. The Bertz CT molecular complexity index is 2230. The predicted octanol–water partition coefficient (Wildman–Crippen LogP) is 7.44. The molecule has 2 fully saturated rings. The number of fused-ring (bicyclic) bond motifs is 1. The maximum Gasteiger partial charge on any atom is 0.306 e. The van der Waals surface area contributed by atoms with Gasteiger partial charge < -0.3 is 20.3 Å². The number of rotatable bonds is 12. The number of aliphatic carboxylic acids is 1. The molecule has 2 aromatic carbocycles. The van der Waals surface area contributed by atoms with Crippen LogP contribution in [0.5, 0.6) is 5.88 Å². The molecule has 5 aromatic rings. The molecule has 0 bridgehead atoms. The van der Waals surface area contributed by atoms with Crippen molar-refractivity contribution in [1.29, 1.82) is 0 Å². The maximum atomic E-state index is 14.0. The second-order valence-corrected chi connectivity index (χ2v) is 15.2. The van der Waals surface area contributed by atoms with E-state index in [4.69, 9.17) is 26.3 Å². The highest BCUT2D eigenvalue weighted by Gasteiger charge is 2.36. The number of ether oxygens (including phenoxy) is 1. The number of nitrogens with zero attached hydrogens (tertiary/aromatic N) is 7. The number of halogens is 3. The lowest BCUT2D eigenvalue weighted by Gasteiger charge is -2.44. The SMILES string of the molecule is COc1nc(-c2cccc(-c3cccc(Nc4nc(C(F)F)nc5cc(CN6CC(C)(O)C6)cnc45)c3C)c2Cl)cnc1CN(C)C1CCC(C(=O)O)CC1. The van der Waals surface area contributed by atoms with Crippen LogP contribution >= 0.6 is 11.6 Å². The van der Waals surface area contributed by atoms with Crippen LogP contribution in [0.1, 0.15) is 61.7 Å². The lowest BCUT2D eigenvalue weighted by molar-refractivity contribution is -0.143. The van der Waals surface area contributed by atoms with E-state index in [1.807, 2.05) is 55.3 Å². The highest BCUT2D eigenvalue weighted by atomic mass is 35.5. The van der Waals surface area contributed by atoms with Crippen molar-refractivity contribution in [2.75, 3.05) is 32.6 Å². The van der Waals surface area contributed by atoms with Crippen LogP contribution in [0, 0.1) is 12.8 Å². The largest absolute Gasteiger partial charge is 0.481 e. The normalized spacial score (nSPS) is 18.4. The summed E-state index contributed by atoms with van der Waals surface area (Å²) in [6, 6.07) is 13.2. The number of β-amino-alcohol motifs (C(OH)–C–C–N with tert-alkyl or cyclic N) is 1. The number of hydrogen-bond acceptors (Lipinski definition) is 11. The van der Waals surface area contributed by atoms with Crippen molar-refractivity contribution >= 4 is 40.1 Å². The Morgan fingerprint density at radius 2 is 1.76 bits per heavy atom. The van der Waals surface area contributed by atoms with Crippen molar-refractivity contribution < 1.29 is 28.5 Å². The predicted molar refractivity (Wildman–Crippen MR) is 206 cm³/mol. The lowest BCUT2D eigenvalue weighted by atomic mass is 9.85. The fourth-order valence-electron chi connectivity index (χ4n) is 7.69. The van der Waals surface area contributed by atoms with E-state index in [9.17, 15) is 23.8 Å². The topological polar surface area (TPSA) is 150 Å². The van der Waals surface area contributed by atoms with Gasteiger partial charge in [-0.05, 0) is 75.4 Å². The second-order valence-electron chi connectivity index (χ2n) is 14.8. The number of pyridine rings is 1. The minimum absolute atomic E-state index is 0.153. The molecule has 12 nitrogen and oxygen atoms in total. The molecule has 0 spiro atoms. The average Bonchev–Trinajstić information content (AvgIpc) is 3.15. The molecule has 15 heteroatoms. The van der Waals surface area contributed by atoms with Gasteiger partial charge in [0.25, 0.3) is 6.43 Å². The van der Waals surface area contributed by atoms with E-state index in [1.54, 1.807) is 32.5 Å². The van der Waals surface area contributed by atoms with Gasteiger partial charge in [0.05, 0.1) is 41.1 Å². The van der Waals surface area contributed by atoms with E-state index in [-0.39, 0.29) is 17.8 Å². The minimum atomic E-state index is -2.89. The summed E-state index contributed by atoms with van der Waals surface area (Å²) < 4.78 is 33.8. The molecule has 0 amide bonds. The van der Waals surface area contributed by atoms with E-state index in [0.29, 0.717) is 83.6 Å². The average molecular weight is 773 g/mol. The van der Waals surface area contributed by atoms with Gasteiger partial charge in [-0.15, -0.1) is 0 Å². The molecule has 3 N–H and O–H groups in total. The molecule has 0 radical (unpaired) electrons. The molecule has 0 unspecified atom stereocenters. The molecule has 288 valence electrons. The van der Waals surface area contributed by atoms with Crippen LogP contribution in [0.4, 0.5) is 20.3 Å². The van der Waals surface area contributed by atoms with E-state index in [0.717, 1.165) is 35.1 Å². The Hall–Kier alpha value is -4.89. The van der Waals surface area contributed by atoms with Crippen molar-refractivity contribution in [2.45, 2.75) is 70.7 Å². The Morgan fingerprint density at radius 3 is 2.45 bits per heavy atom. The molecule has 0 atom stereocenters. The van der Waals surface area contributed by atoms with Gasteiger partial charge in [-0.2, -0.15) is 0 Å². The van der Waals surface area contributed by atoms with Gasteiger partial charge in [0.15, 0.2) is 11.6 Å². The minimum Gasteiger partial charge on any atom is -0.481 e. The summed E-state index contributed by atoms with van der Waals surface area (Å²) in [7, 11) is 3.56. The summed E-state index contributed by atoms with van der Waals surface area (Å²) in [5.41, 5.74) is 5.51. The van der Waals surface area contributed by atoms with Gasteiger partial charge in [-0.3, -0.25) is 24.6 Å². The number of carboxylic acid groups (broad SMARTS) is 1. The van der Waals surface area contributed by atoms with Crippen LogP contribution in [0.2, 0.25) is 5.02 Å². The van der Waals surface area contributed by atoms with Gasteiger partial charge in [0.2, 0.25) is 5.88 Å². The molecular weight excluding hydrogens is 730 g/mol. The van der Waals surface area contributed by atoms with Gasteiger partial charge in [-0.25, -0.2) is 23.7 Å². The number of anilines is 2. The summed E-state index contributed by atoms with van der Waals surface area (Å²) in [4.78, 5) is 38.0. The molecular formula is C40H43ClF2N8O4. The third-order valence-electron chi connectivity index (χ3n) is 10.6. The molecule has 7 rings (SSSR count). The molecule has 2 aliphatic rings. The first-order valence-electron chi connectivity index (χ1n) is 18.2. The molecule has 1 aliphatic carbocycles. The first kappa shape index (κ1) is 38.4. The maximum absolute atomic E-state index is 14.0. The fourth-order valence-corrected chi connectivity index (χ4v) is 8.02. The van der Waals surface area contributed by atoms with E-state index in [2.05, 4.69) is 25.2 Å². The first-order chi connectivity index (χ1) is 26.3. The summed E-state index contributed by atoms with van der Waals surface area (Å²) >= 11 is 7.12. The number of nitrogens with one attached hydrogen (secondary N) is 1. The van der Waals surface area contributed by atoms with Crippen LogP contribution < -0.4 is 10.1 Å². The number of alkyl halides is 2. The van der Waals surface area contributed by atoms with E-state index < -0.39 is 23.8 Å². The summed E-state index contributed by atoms with van der Waals surface area (Å²) in [5, 5.41) is 23.2. The smallest absolute Gasteiger partial charge is 0.306 e. The quantitative estimate of drug-likeness (QED) is 0.116. The van der Waals surface area contributed by atoms with Gasteiger partial charge in [0, 0.05) is 55.2 Å². The first-order valence-corrected chi connectivity index (χ1v) is 18.6. The van der Waals surface area contributed by atoms with E-state index in [1.165, 1.54) is 0 Å². The highest BCUT2D eigenvalue weighted by Crippen LogP contribution is 2.40. The number of carbonyl (C=O) groups is 1. The summed E-state index contributed by atoms with van der Waals surface area (Å²) in [5.74, 6) is -1.09. The number of aliphatic hydroxyl groups is 1. The third-order valence-corrected chi connectivity index (χ3v) is 11.0.